The maximum absolute atomic E-state index is 13.1. The van der Waals surface area contributed by atoms with Crippen LogP contribution in [0.15, 0.2) is 18.2 Å². The molecule has 0 unspecified atom stereocenters. The Morgan fingerprint density at radius 2 is 2.17 bits per heavy atom. The van der Waals surface area contributed by atoms with Crippen LogP contribution in [-0.4, -0.2) is 37.1 Å². The summed E-state index contributed by atoms with van der Waals surface area (Å²) in [5.74, 6) is -0.734. The summed E-state index contributed by atoms with van der Waals surface area (Å²) in [5.41, 5.74) is 6.18. The quantitative estimate of drug-likeness (QED) is 0.623. The molecule has 1 rings (SSSR count). The second-order valence-corrected chi connectivity index (χ2v) is 3.81. The van der Waals surface area contributed by atoms with Crippen molar-refractivity contribution in [3.05, 3.63) is 29.6 Å². The van der Waals surface area contributed by atoms with E-state index < -0.39 is 5.82 Å². The Morgan fingerprint density at radius 3 is 2.78 bits per heavy atom. The molecule has 0 fully saturated rings. The van der Waals surface area contributed by atoms with Gasteiger partial charge in [0.2, 0.25) is 0 Å². The van der Waals surface area contributed by atoms with E-state index in [1.54, 1.807) is 4.90 Å². The van der Waals surface area contributed by atoms with Crippen LogP contribution >= 0.6 is 0 Å². The van der Waals surface area contributed by atoms with Gasteiger partial charge in [-0.3, -0.25) is 4.79 Å². The number of ether oxygens (including phenoxy) is 1. The number of anilines is 1. The van der Waals surface area contributed by atoms with Gasteiger partial charge in [0, 0.05) is 25.4 Å². The third-order valence-corrected chi connectivity index (χ3v) is 2.62. The smallest absolute Gasteiger partial charge is 0.256 e. The highest BCUT2D eigenvalue weighted by molar-refractivity contribution is 5.99. The predicted octanol–water partition coefficient (Wildman–Crippen LogP) is 1.91. The molecule has 0 aliphatic carbocycles. The van der Waals surface area contributed by atoms with Crippen LogP contribution in [0.3, 0.4) is 0 Å². The molecule has 1 aromatic rings. The van der Waals surface area contributed by atoms with E-state index in [0.29, 0.717) is 26.3 Å². The SMILES string of the molecule is CCOCCN(CC)C(=O)c1cc(F)ccc1N. The Kier molecular flexibility index (Phi) is 5.58. The normalized spacial score (nSPS) is 10.4. The maximum Gasteiger partial charge on any atom is 0.256 e. The number of nitrogens with zero attached hydrogens (tertiary/aromatic N) is 1. The lowest BCUT2D eigenvalue weighted by Crippen LogP contribution is -2.34. The van der Waals surface area contributed by atoms with Crippen molar-refractivity contribution in [1.82, 2.24) is 4.90 Å². The first kappa shape index (κ1) is 14.4. The number of nitrogens with two attached hydrogens (primary N) is 1. The summed E-state index contributed by atoms with van der Waals surface area (Å²) in [6, 6.07) is 3.81. The van der Waals surface area contributed by atoms with Gasteiger partial charge in [0.15, 0.2) is 0 Å². The van der Waals surface area contributed by atoms with Gasteiger partial charge in [-0.15, -0.1) is 0 Å². The van der Waals surface area contributed by atoms with Gasteiger partial charge < -0.3 is 15.4 Å². The van der Waals surface area contributed by atoms with E-state index in [9.17, 15) is 9.18 Å². The summed E-state index contributed by atoms with van der Waals surface area (Å²) in [4.78, 5) is 13.8. The molecule has 0 aromatic heterocycles. The minimum Gasteiger partial charge on any atom is -0.398 e. The van der Waals surface area contributed by atoms with Crippen molar-refractivity contribution in [1.29, 1.82) is 0 Å². The van der Waals surface area contributed by atoms with Crippen molar-refractivity contribution in [2.24, 2.45) is 0 Å². The molecule has 100 valence electrons. The summed E-state index contributed by atoms with van der Waals surface area (Å²) < 4.78 is 18.3. The van der Waals surface area contributed by atoms with E-state index in [2.05, 4.69) is 0 Å². The molecular weight excluding hydrogens is 235 g/mol. The van der Waals surface area contributed by atoms with Gasteiger partial charge in [-0.2, -0.15) is 0 Å². The fraction of sp³-hybridized carbons (Fsp3) is 0.462. The molecule has 18 heavy (non-hydrogen) atoms. The van der Waals surface area contributed by atoms with E-state index in [1.807, 2.05) is 13.8 Å². The summed E-state index contributed by atoms with van der Waals surface area (Å²) >= 11 is 0. The van der Waals surface area contributed by atoms with E-state index in [1.165, 1.54) is 18.2 Å². The zero-order valence-electron chi connectivity index (χ0n) is 10.8. The number of carbonyl (C=O) groups is 1. The van der Waals surface area contributed by atoms with E-state index >= 15 is 0 Å². The van der Waals surface area contributed by atoms with Gasteiger partial charge in [0.25, 0.3) is 5.91 Å². The molecule has 2 N–H and O–H groups in total. The molecule has 1 aromatic carbocycles. The minimum atomic E-state index is -0.464. The summed E-state index contributed by atoms with van der Waals surface area (Å²) in [7, 11) is 0. The number of likely N-dealkylation sites (N-methyl/N-ethyl adjacent to an activating group) is 1. The standard InChI is InChI=1S/C13H19FN2O2/c1-3-16(7-8-18-4-2)13(17)11-9-10(14)5-6-12(11)15/h5-6,9H,3-4,7-8,15H2,1-2H3. The highest BCUT2D eigenvalue weighted by atomic mass is 19.1. The zero-order valence-corrected chi connectivity index (χ0v) is 10.8. The monoisotopic (exact) mass is 254 g/mol. The fourth-order valence-corrected chi connectivity index (χ4v) is 1.61. The van der Waals surface area contributed by atoms with Crippen LogP contribution in [0.1, 0.15) is 24.2 Å². The molecule has 0 saturated carbocycles. The highest BCUT2D eigenvalue weighted by Crippen LogP contribution is 2.15. The highest BCUT2D eigenvalue weighted by Gasteiger charge is 2.17. The Bertz CT molecular complexity index is 410. The topological polar surface area (TPSA) is 55.6 Å². The predicted molar refractivity (Wildman–Crippen MR) is 68.9 cm³/mol. The van der Waals surface area contributed by atoms with E-state index in [0.717, 1.165) is 0 Å². The van der Waals surface area contributed by atoms with Crippen molar-refractivity contribution in [3.63, 3.8) is 0 Å². The molecule has 0 atom stereocenters. The minimum absolute atomic E-state index is 0.202. The Balaban J connectivity index is 2.79. The second kappa shape index (κ2) is 6.96. The maximum atomic E-state index is 13.1. The molecule has 1 amide bonds. The first-order chi connectivity index (χ1) is 8.60. The number of benzene rings is 1. The molecule has 0 bridgehead atoms. The molecular formula is C13H19FN2O2. The molecule has 0 spiro atoms. The van der Waals surface area contributed by atoms with Crippen molar-refractivity contribution in [3.8, 4) is 0 Å². The average molecular weight is 254 g/mol. The largest absolute Gasteiger partial charge is 0.398 e. The molecule has 4 nitrogen and oxygen atoms in total. The molecule has 0 radical (unpaired) electrons. The zero-order chi connectivity index (χ0) is 13.5. The molecule has 0 heterocycles. The van der Waals surface area contributed by atoms with Crippen LogP contribution in [-0.2, 0) is 4.74 Å². The van der Waals surface area contributed by atoms with Gasteiger partial charge in [-0.05, 0) is 32.0 Å². The van der Waals surface area contributed by atoms with Crippen molar-refractivity contribution < 1.29 is 13.9 Å². The van der Waals surface area contributed by atoms with Gasteiger partial charge >= 0.3 is 0 Å². The van der Waals surface area contributed by atoms with Crippen molar-refractivity contribution >= 4 is 11.6 Å². The van der Waals surface area contributed by atoms with E-state index in [4.69, 9.17) is 10.5 Å². The molecule has 5 heteroatoms. The lowest BCUT2D eigenvalue weighted by Gasteiger charge is -2.21. The first-order valence-corrected chi connectivity index (χ1v) is 6.02. The number of amides is 1. The number of rotatable bonds is 6. The van der Waals surface area contributed by atoms with Gasteiger partial charge in [-0.1, -0.05) is 0 Å². The van der Waals surface area contributed by atoms with Crippen molar-refractivity contribution in [2.75, 3.05) is 32.0 Å². The molecule has 0 saturated heterocycles. The van der Waals surface area contributed by atoms with Crippen LogP contribution in [0.4, 0.5) is 10.1 Å². The van der Waals surface area contributed by atoms with Crippen LogP contribution in [0.25, 0.3) is 0 Å². The summed E-state index contributed by atoms with van der Waals surface area (Å²) in [6.45, 7) is 5.82. The second-order valence-electron chi connectivity index (χ2n) is 3.81. The van der Waals surface area contributed by atoms with Gasteiger partial charge in [-0.25, -0.2) is 4.39 Å². The summed E-state index contributed by atoms with van der Waals surface area (Å²) in [5, 5.41) is 0. The van der Waals surface area contributed by atoms with Crippen LogP contribution in [0.5, 0.6) is 0 Å². The van der Waals surface area contributed by atoms with Crippen molar-refractivity contribution in [2.45, 2.75) is 13.8 Å². The average Bonchev–Trinajstić information content (AvgIpc) is 2.37. The Morgan fingerprint density at radius 1 is 1.44 bits per heavy atom. The number of hydrogen-bond donors (Lipinski definition) is 1. The molecule has 0 aliphatic heterocycles. The third-order valence-electron chi connectivity index (χ3n) is 2.62. The Hall–Kier alpha value is -1.62. The number of nitrogen functional groups attached to an aromatic ring is 1. The number of halogens is 1. The first-order valence-electron chi connectivity index (χ1n) is 6.02. The molecule has 0 aliphatic rings. The van der Waals surface area contributed by atoms with Crippen LogP contribution < -0.4 is 5.73 Å². The third kappa shape index (κ3) is 3.70. The fourth-order valence-electron chi connectivity index (χ4n) is 1.61. The number of hydrogen-bond acceptors (Lipinski definition) is 3. The van der Waals surface area contributed by atoms with Gasteiger partial charge in [0.05, 0.1) is 12.2 Å². The summed E-state index contributed by atoms with van der Waals surface area (Å²) in [6.07, 6.45) is 0. The van der Waals surface area contributed by atoms with Crippen LogP contribution in [0.2, 0.25) is 0 Å². The lowest BCUT2D eigenvalue weighted by atomic mass is 10.1. The Labute approximate surface area is 107 Å². The van der Waals surface area contributed by atoms with Gasteiger partial charge in [0.1, 0.15) is 5.82 Å². The lowest BCUT2D eigenvalue weighted by molar-refractivity contribution is 0.0669. The number of carbonyl (C=O) groups excluding carboxylic acids is 1. The van der Waals surface area contributed by atoms with E-state index in [-0.39, 0.29) is 17.2 Å². The van der Waals surface area contributed by atoms with Crippen LogP contribution in [0, 0.1) is 5.82 Å².